The van der Waals surface area contributed by atoms with Crippen LogP contribution in [0.2, 0.25) is 0 Å². The van der Waals surface area contributed by atoms with Crippen molar-refractivity contribution in [1.29, 1.82) is 0 Å². The molecule has 0 saturated heterocycles. The minimum Gasteiger partial charge on any atom is -0.459 e. The van der Waals surface area contributed by atoms with Gasteiger partial charge in [-0.25, -0.2) is 9.78 Å². The third-order valence-corrected chi connectivity index (χ3v) is 2.69. The van der Waals surface area contributed by atoms with Crippen molar-refractivity contribution in [3.8, 4) is 5.69 Å². The van der Waals surface area contributed by atoms with Crippen molar-refractivity contribution >= 4 is 23.3 Å². The lowest BCUT2D eigenvalue weighted by atomic mass is 10.2. The second kappa shape index (κ2) is 6.48. The van der Waals surface area contributed by atoms with Gasteiger partial charge in [0.2, 0.25) is 0 Å². The summed E-state index contributed by atoms with van der Waals surface area (Å²) >= 11 is 0. The number of hydrogen-bond donors (Lipinski definition) is 1. The number of aromatic nitrogens is 2. The number of nitro groups is 1. The zero-order valence-electron chi connectivity index (χ0n) is 11.6. The highest BCUT2D eigenvalue weighted by Gasteiger charge is 2.21. The first-order valence-corrected chi connectivity index (χ1v) is 6.27. The van der Waals surface area contributed by atoms with E-state index in [9.17, 15) is 19.7 Å². The molecule has 1 N–H and O–H groups in total. The van der Waals surface area contributed by atoms with Gasteiger partial charge in [0, 0.05) is 18.5 Å². The number of ether oxygens (including phenoxy) is 1. The molecule has 0 bridgehead atoms. The number of benzene rings is 1. The third kappa shape index (κ3) is 3.26. The average molecular weight is 304 g/mol. The van der Waals surface area contributed by atoms with Gasteiger partial charge in [-0.3, -0.25) is 14.9 Å². The molecule has 0 saturated carbocycles. The summed E-state index contributed by atoms with van der Waals surface area (Å²) in [5.41, 5.74) is 0.0640. The second-order valence-electron chi connectivity index (χ2n) is 4.10. The number of nitrogens with zero attached hydrogens (tertiary/aromatic N) is 3. The Bertz CT molecular complexity index is 711. The number of nitro benzene ring substituents is 1. The normalized spacial score (nSPS) is 10.0. The Kier molecular flexibility index (Phi) is 4.47. The number of amides is 1. The largest absolute Gasteiger partial charge is 0.459 e. The average Bonchev–Trinajstić information content (AvgIpc) is 3.01. The van der Waals surface area contributed by atoms with E-state index in [1.165, 1.54) is 24.7 Å². The number of hydrogen-bond acceptors (Lipinski definition) is 6. The molecule has 2 aromatic rings. The van der Waals surface area contributed by atoms with Crippen molar-refractivity contribution in [3.63, 3.8) is 0 Å². The van der Waals surface area contributed by atoms with Crippen molar-refractivity contribution < 1.29 is 19.2 Å². The van der Waals surface area contributed by atoms with E-state index in [0.717, 1.165) is 0 Å². The minimum absolute atomic E-state index is 0.0356. The Hall–Kier alpha value is -3.23. The van der Waals surface area contributed by atoms with Gasteiger partial charge in [0.05, 0.1) is 23.5 Å². The van der Waals surface area contributed by atoms with Crippen LogP contribution in [0, 0.1) is 10.1 Å². The van der Waals surface area contributed by atoms with E-state index in [1.54, 1.807) is 23.8 Å². The highest BCUT2D eigenvalue weighted by atomic mass is 16.6. The van der Waals surface area contributed by atoms with Crippen LogP contribution in [0.15, 0.2) is 36.9 Å². The molecule has 0 spiro atoms. The molecule has 1 aromatic heterocycles. The summed E-state index contributed by atoms with van der Waals surface area (Å²) in [6.07, 6.45) is 4.63. The number of carbonyl (C=O) groups is 2. The summed E-state index contributed by atoms with van der Waals surface area (Å²) in [4.78, 5) is 37.2. The van der Waals surface area contributed by atoms with Gasteiger partial charge in [0.25, 0.3) is 5.69 Å². The zero-order valence-corrected chi connectivity index (χ0v) is 11.6. The molecule has 0 aliphatic rings. The van der Waals surface area contributed by atoms with Crippen LogP contribution >= 0.6 is 0 Å². The summed E-state index contributed by atoms with van der Waals surface area (Å²) in [6, 6.07) is 4.16. The van der Waals surface area contributed by atoms with Gasteiger partial charge >= 0.3 is 11.9 Å². The smallest absolute Gasteiger partial charge is 0.397 e. The molecular weight excluding hydrogens is 292 g/mol. The number of esters is 1. The van der Waals surface area contributed by atoms with E-state index in [-0.39, 0.29) is 18.0 Å². The van der Waals surface area contributed by atoms with Crippen LogP contribution in [0.25, 0.3) is 5.69 Å². The van der Waals surface area contributed by atoms with Gasteiger partial charge < -0.3 is 14.6 Å². The van der Waals surface area contributed by atoms with E-state index >= 15 is 0 Å². The van der Waals surface area contributed by atoms with Gasteiger partial charge in [0.15, 0.2) is 0 Å². The predicted molar refractivity (Wildman–Crippen MR) is 75.5 cm³/mol. The van der Waals surface area contributed by atoms with Crippen molar-refractivity contribution in [2.24, 2.45) is 0 Å². The summed E-state index contributed by atoms with van der Waals surface area (Å²) < 4.78 is 6.10. The van der Waals surface area contributed by atoms with E-state index in [0.29, 0.717) is 5.69 Å². The fourth-order valence-corrected chi connectivity index (χ4v) is 1.72. The van der Waals surface area contributed by atoms with Crippen LogP contribution < -0.4 is 5.32 Å². The highest BCUT2D eigenvalue weighted by molar-refractivity contribution is 6.37. The minimum atomic E-state index is -1.10. The standard InChI is InChI=1S/C13H12N4O5/c1-2-22-13(19)12(18)15-10-4-3-9(7-11(10)17(20)21)16-6-5-14-8-16/h3-8H,2H2,1H3,(H,15,18). The quantitative estimate of drug-likeness (QED) is 0.393. The molecular formula is C13H12N4O5. The monoisotopic (exact) mass is 304 g/mol. The second-order valence-corrected chi connectivity index (χ2v) is 4.10. The van der Waals surface area contributed by atoms with E-state index in [2.05, 4.69) is 15.0 Å². The molecule has 0 aliphatic heterocycles. The molecule has 2 rings (SSSR count). The van der Waals surface area contributed by atoms with Crippen molar-refractivity contribution in [1.82, 2.24) is 9.55 Å². The van der Waals surface area contributed by atoms with Crippen molar-refractivity contribution in [2.75, 3.05) is 11.9 Å². The Morgan fingerprint density at radius 1 is 1.45 bits per heavy atom. The molecule has 1 amide bonds. The van der Waals surface area contributed by atoms with Crippen LogP contribution in [0.3, 0.4) is 0 Å². The Labute approximate surface area is 124 Å². The first-order valence-electron chi connectivity index (χ1n) is 6.27. The number of rotatable bonds is 4. The maximum Gasteiger partial charge on any atom is 0.397 e. The first-order chi connectivity index (χ1) is 10.5. The molecule has 0 aliphatic carbocycles. The molecule has 1 heterocycles. The molecule has 9 nitrogen and oxygen atoms in total. The fraction of sp³-hybridized carbons (Fsp3) is 0.154. The zero-order chi connectivity index (χ0) is 16.1. The first kappa shape index (κ1) is 15.2. The Morgan fingerprint density at radius 2 is 2.23 bits per heavy atom. The van der Waals surface area contributed by atoms with E-state index in [1.807, 2.05) is 0 Å². The summed E-state index contributed by atoms with van der Waals surface area (Å²) in [7, 11) is 0. The Balaban J connectivity index is 2.30. The van der Waals surface area contributed by atoms with Crippen molar-refractivity contribution in [3.05, 3.63) is 47.0 Å². The molecule has 114 valence electrons. The molecule has 9 heteroatoms. The van der Waals surface area contributed by atoms with Gasteiger partial charge in [-0.1, -0.05) is 0 Å². The molecule has 22 heavy (non-hydrogen) atoms. The summed E-state index contributed by atoms with van der Waals surface area (Å²) in [5.74, 6) is -2.17. The van der Waals surface area contributed by atoms with E-state index < -0.39 is 16.8 Å². The Morgan fingerprint density at radius 3 is 2.82 bits per heavy atom. The van der Waals surface area contributed by atoms with Gasteiger partial charge in [-0.2, -0.15) is 0 Å². The lowest BCUT2D eigenvalue weighted by Gasteiger charge is -2.08. The van der Waals surface area contributed by atoms with Gasteiger partial charge in [0.1, 0.15) is 5.69 Å². The van der Waals surface area contributed by atoms with Gasteiger partial charge in [-0.05, 0) is 19.1 Å². The predicted octanol–water partition coefficient (Wildman–Crippen LogP) is 1.28. The maximum absolute atomic E-state index is 11.6. The molecule has 0 fully saturated rings. The molecule has 0 unspecified atom stereocenters. The lowest BCUT2D eigenvalue weighted by Crippen LogP contribution is -2.25. The van der Waals surface area contributed by atoms with Crippen LogP contribution in [-0.2, 0) is 14.3 Å². The topological polar surface area (TPSA) is 116 Å². The lowest BCUT2D eigenvalue weighted by molar-refractivity contribution is -0.383. The van der Waals surface area contributed by atoms with Crippen molar-refractivity contribution in [2.45, 2.75) is 6.92 Å². The maximum atomic E-state index is 11.6. The van der Waals surface area contributed by atoms with Crippen LogP contribution in [0.4, 0.5) is 11.4 Å². The van der Waals surface area contributed by atoms with E-state index in [4.69, 9.17) is 0 Å². The van der Waals surface area contributed by atoms with Crippen LogP contribution in [-0.4, -0.2) is 33.0 Å². The van der Waals surface area contributed by atoms with Crippen LogP contribution in [0.5, 0.6) is 0 Å². The van der Waals surface area contributed by atoms with Crippen LogP contribution in [0.1, 0.15) is 6.92 Å². The third-order valence-electron chi connectivity index (χ3n) is 2.69. The van der Waals surface area contributed by atoms with Gasteiger partial charge in [-0.15, -0.1) is 0 Å². The SMILES string of the molecule is CCOC(=O)C(=O)Nc1ccc(-n2ccnc2)cc1[N+](=O)[O-]. The molecule has 1 aromatic carbocycles. The summed E-state index contributed by atoms with van der Waals surface area (Å²) in [6.45, 7) is 1.58. The summed E-state index contributed by atoms with van der Waals surface area (Å²) in [5, 5.41) is 13.3. The molecule has 0 radical (unpaired) electrons. The number of anilines is 1. The highest BCUT2D eigenvalue weighted by Crippen LogP contribution is 2.27. The number of imidazole rings is 1. The number of nitrogens with one attached hydrogen (secondary N) is 1. The molecule has 0 atom stereocenters. The number of carbonyl (C=O) groups excluding carboxylic acids is 2. The fourth-order valence-electron chi connectivity index (χ4n) is 1.72.